The van der Waals surface area contributed by atoms with Crippen molar-refractivity contribution < 1.29 is 19.1 Å². The van der Waals surface area contributed by atoms with Crippen LogP contribution in [0.2, 0.25) is 0 Å². The predicted molar refractivity (Wildman–Crippen MR) is 120 cm³/mol. The molecule has 1 atom stereocenters. The first-order valence-electron chi connectivity index (χ1n) is 10.8. The highest BCUT2D eigenvalue weighted by Crippen LogP contribution is 2.30. The van der Waals surface area contributed by atoms with Gasteiger partial charge in [0.1, 0.15) is 5.75 Å². The summed E-state index contributed by atoms with van der Waals surface area (Å²) in [6.45, 7) is 6.12. The topological polar surface area (TPSA) is 76.7 Å². The van der Waals surface area contributed by atoms with Gasteiger partial charge < -0.3 is 20.1 Å². The van der Waals surface area contributed by atoms with Gasteiger partial charge in [-0.05, 0) is 56.4 Å². The molecule has 0 bridgehead atoms. The van der Waals surface area contributed by atoms with Crippen LogP contribution >= 0.6 is 0 Å². The fourth-order valence-corrected chi connectivity index (χ4v) is 3.53. The molecule has 2 aromatic carbocycles. The number of aryl methyl sites for hydroxylation is 1. The molecular weight excluding hydrogens is 392 g/mol. The van der Waals surface area contributed by atoms with Crippen molar-refractivity contribution in [2.45, 2.75) is 52.2 Å². The van der Waals surface area contributed by atoms with Crippen molar-refractivity contribution in [1.82, 2.24) is 10.6 Å². The van der Waals surface area contributed by atoms with Crippen LogP contribution in [-0.4, -0.2) is 24.7 Å². The molecule has 1 aliphatic heterocycles. The molecule has 0 aliphatic carbocycles. The quantitative estimate of drug-likeness (QED) is 0.455. The van der Waals surface area contributed by atoms with E-state index >= 15 is 0 Å². The number of esters is 1. The first kappa shape index (κ1) is 22.4. The van der Waals surface area contributed by atoms with Crippen LogP contribution in [-0.2, 0) is 16.0 Å². The van der Waals surface area contributed by atoms with Crippen LogP contribution in [0.3, 0.4) is 0 Å². The van der Waals surface area contributed by atoms with Crippen LogP contribution in [0.5, 0.6) is 5.75 Å². The lowest BCUT2D eigenvalue weighted by Gasteiger charge is -2.29. The van der Waals surface area contributed by atoms with Crippen molar-refractivity contribution >= 4 is 12.0 Å². The highest BCUT2D eigenvalue weighted by molar-refractivity contribution is 5.95. The van der Waals surface area contributed by atoms with Gasteiger partial charge in [-0.2, -0.15) is 0 Å². The molecule has 31 heavy (non-hydrogen) atoms. The molecule has 2 N–H and O–H groups in total. The SMILES string of the molecule is CCC1=C(C(=O)OC(C)C)C(c2ccc(OCCCc3ccccc3)cc2)NC(=O)N1. The Labute approximate surface area is 183 Å². The van der Waals surface area contributed by atoms with Gasteiger partial charge in [-0.25, -0.2) is 9.59 Å². The maximum atomic E-state index is 12.7. The van der Waals surface area contributed by atoms with E-state index in [1.165, 1.54) is 5.56 Å². The third-order valence-electron chi connectivity index (χ3n) is 5.00. The number of nitrogens with one attached hydrogen (secondary N) is 2. The van der Waals surface area contributed by atoms with E-state index in [0.29, 0.717) is 24.3 Å². The Morgan fingerprint density at radius 2 is 1.77 bits per heavy atom. The molecule has 6 nitrogen and oxygen atoms in total. The fourth-order valence-electron chi connectivity index (χ4n) is 3.53. The minimum absolute atomic E-state index is 0.247. The van der Waals surface area contributed by atoms with Crippen molar-refractivity contribution in [3.05, 3.63) is 77.0 Å². The fraction of sp³-hybridized carbons (Fsp3) is 0.360. The van der Waals surface area contributed by atoms with Gasteiger partial charge in [-0.3, -0.25) is 0 Å². The largest absolute Gasteiger partial charge is 0.494 e. The summed E-state index contributed by atoms with van der Waals surface area (Å²) in [5.41, 5.74) is 3.11. The van der Waals surface area contributed by atoms with Crippen molar-refractivity contribution in [3.63, 3.8) is 0 Å². The molecule has 0 saturated carbocycles. The van der Waals surface area contributed by atoms with Crippen molar-refractivity contribution in [3.8, 4) is 5.75 Å². The monoisotopic (exact) mass is 422 g/mol. The van der Waals surface area contributed by atoms with Gasteiger partial charge in [0.05, 0.1) is 24.3 Å². The Kier molecular flexibility index (Phi) is 7.70. The number of allylic oxidation sites excluding steroid dienone is 1. The van der Waals surface area contributed by atoms with Crippen molar-refractivity contribution in [1.29, 1.82) is 0 Å². The van der Waals surface area contributed by atoms with Crippen LogP contribution < -0.4 is 15.4 Å². The minimum atomic E-state index is -0.568. The molecule has 2 amide bonds. The Morgan fingerprint density at radius 1 is 1.06 bits per heavy atom. The van der Waals surface area contributed by atoms with E-state index in [4.69, 9.17) is 9.47 Å². The van der Waals surface area contributed by atoms with Gasteiger partial charge in [0, 0.05) is 5.70 Å². The molecular formula is C25H30N2O4. The Morgan fingerprint density at radius 3 is 2.42 bits per heavy atom. The third kappa shape index (κ3) is 6.10. The van der Waals surface area contributed by atoms with Crippen molar-refractivity contribution in [2.75, 3.05) is 6.61 Å². The highest BCUT2D eigenvalue weighted by atomic mass is 16.5. The summed E-state index contributed by atoms with van der Waals surface area (Å²) in [4.78, 5) is 24.9. The predicted octanol–water partition coefficient (Wildman–Crippen LogP) is 4.67. The summed E-state index contributed by atoms with van der Waals surface area (Å²) < 4.78 is 11.3. The van der Waals surface area contributed by atoms with E-state index in [0.717, 1.165) is 24.2 Å². The van der Waals surface area contributed by atoms with Crippen LogP contribution in [0.1, 0.15) is 50.8 Å². The number of hydrogen-bond donors (Lipinski definition) is 2. The summed E-state index contributed by atoms with van der Waals surface area (Å²) in [7, 11) is 0. The van der Waals surface area contributed by atoms with E-state index in [2.05, 4.69) is 22.8 Å². The molecule has 0 saturated heterocycles. The summed E-state index contributed by atoms with van der Waals surface area (Å²) in [6, 6.07) is 16.9. The third-order valence-corrected chi connectivity index (χ3v) is 5.00. The standard InChI is InChI=1S/C25H30N2O4/c1-4-21-22(24(28)31-17(2)3)23(27-25(29)26-21)19-12-14-20(15-13-19)30-16-8-11-18-9-6-5-7-10-18/h5-7,9-10,12-15,17,23H,4,8,11,16H2,1-3H3,(H2,26,27,29). The molecule has 6 heteroatoms. The van der Waals surface area contributed by atoms with E-state index in [-0.39, 0.29) is 12.1 Å². The second-order valence-electron chi connectivity index (χ2n) is 7.74. The van der Waals surface area contributed by atoms with E-state index in [9.17, 15) is 9.59 Å². The number of carbonyl (C=O) groups excluding carboxylic acids is 2. The first-order chi connectivity index (χ1) is 15.0. The minimum Gasteiger partial charge on any atom is -0.494 e. The number of rotatable bonds is 9. The van der Waals surface area contributed by atoms with Gasteiger partial charge in [0.15, 0.2) is 0 Å². The zero-order valence-electron chi connectivity index (χ0n) is 18.3. The number of amides is 2. The van der Waals surface area contributed by atoms with Crippen LogP contribution in [0, 0.1) is 0 Å². The normalized spacial score (nSPS) is 16.0. The van der Waals surface area contributed by atoms with Crippen LogP contribution in [0.4, 0.5) is 4.79 Å². The average molecular weight is 423 g/mol. The van der Waals surface area contributed by atoms with E-state index in [1.807, 2.05) is 49.4 Å². The average Bonchev–Trinajstić information content (AvgIpc) is 2.76. The number of carbonyl (C=O) groups is 2. The lowest BCUT2D eigenvalue weighted by Crippen LogP contribution is -2.46. The molecule has 1 heterocycles. The summed E-state index contributed by atoms with van der Waals surface area (Å²) in [5, 5.41) is 5.57. The lowest BCUT2D eigenvalue weighted by molar-refractivity contribution is -0.143. The summed E-state index contributed by atoms with van der Waals surface area (Å²) in [6.07, 6.45) is 2.16. The molecule has 1 aliphatic rings. The molecule has 1 unspecified atom stereocenters. The van der Waals surface area contributed by atoms with Crippen LogP contribution in [0.25, 0.3) is 0 Å². The highest BCUT2D eigenvalue weighted by Gasteiger charge is 2.33. The molecule has 0 aromatic heterocycles. The Hall–Kier alpha value is -3.28. The van der Waals surface area contributed by atoms with Gasteiger partial charge in [0.25, 0.3) is 0 Å². The van der Waals surface area contributed by atoms with Gasteiger partial charge in [0.2, 0.25) is 0 Å². The van der Waals surface area contributed by atoms with E-state index < -0.39 is 12.0 Å². The Bertz CT molecular complexity index is 920. The maximum absolute atomic E-state index is 12.7. The van der Waals surface area contributed by atoms with Gasteiger partial charge in [-0.15, -0.1) is 0 Å². The number of hydrogen-bond acceptors (Lipinski definition) is 4. The molecule has 3 rings (SSSR count). The van der Waals surface area contributed by atoms with E-state index in [1.54, 1.807) is 13.8 Å². The van der Waals surface area contributed by atoms with Crippen LogP contribution in [0.15, 0.2) is 65.9 Å². The smallest absolute Gasteiger partial charge is 0.338 e. The molecule has 0 fully saturated rings. The zero-order valence-corrected chi connectivity index (χ0v) is 18.3. The second kappa shape index (κ2) is 10.7. The van der Waals surface area contributed by atoms with Crippen molar-refractivity contribution in [2.24, 2.45) is 0 Å². The van der Waals surface area contributed by atoms with Gasteiger partial charge >= 0.3 is 12.0 Å². The molecule has 2 aromatic rings. The summed E-state index contributed by atoms with van der Waals surface area (Å²) in [5.74, 6) is 0.327. The first-order valence-corrected chi connectivity index (χ1v) is 10.8. The Balaban J connectivity index is 1.67. The summed E-state index contributed by atoms with van der Waals surface area (Å²) >= 11 is 0. The number of urea groups is 1. The zero-order chi connectivity index (χ0) is 22.2. The number of benzene rings is 2. The molecule has 164 valence electrons. The number of ether oxygens (including phenoxy) is 2. The molecule has 0 spiro atoms. The lowest BCUT2D eigenvalue weighted by atomic mass is 9.94. The second-order valence-corrected chi connectivity index (χ2v) is 7.74. The van der Waals surface area contributed by atoms with Gasteiger partial charge in [-0.1, -0.05) is 49.4 Å². The maximum Gasteiger partial charge on any atom is 0.338 e. The molecule has 0 radical (unpaired) electrons.